The Kier molecular flexibility index (Phi) is 4.71. The van der Waals surface area contributed by atoms with Gasteiger partial charge in [0.15, 0.2) is 0 Å². The molecule has 1 aromatic rings. The van der Waals surface area contributed by atoms with Gasteiger partial charge in [0.2, 0.25) is 0 Å². The van der Waals surface area contributed by atoms with E-state index in [1.165, 1.54) is 18.2 Å². The zero-order chi connectivity index (χ0) is 16.3. The Balaban J connectivity index is 1.56. The molecule has 6 heteroatoms. The minimum absolute atomic E-state index is 0.221. The third-order valence-corrected chi connectivity index (χ3v) is 4.48. The second-order valence-corrected chi connectivity index (χ2v) is 6.63. The largest absolute Gasteiger partial charge is 0.491 e. The van der Waals surface area contributed by atoms with Crippen LogP contribution in [0.2, 0.25) is 0 Å². The molecule has 1 aromatic carbocycles. The van der Waals surface area contributed by atoms with Crippen molar-refractivity contribution in [1.29, 1.82) is 0 Å². The summed E-state index contributed by atoms with van der Waals surface area (Å²) in [5.41, 5.74) is -0.367. The number of ether oxygens (including phenoxy) is 1. The standard InChI is InChI=1S/C17H23FN2O3/c18-13-5-6-14(15(9-13)23-10-12-3-4-12)20-16(21)19-11-17(22)7-1-2-8-17/h5-6,9,12,22H,1-4,7-8,10-11H2,(H2,19,20,21). The van der Waals surface area contributed by atoms with Crippen molar-refractivity contribution in [3.05, 3.63) is 24.0 Å². The van der Waals surface area contributed by atoms with E-state index < -0.39 is 17.4 Å². The summed E-state index contributed by atoms with van der Waals surface area (Å²) >= 11 is 0. The summed E-state index contributed by atoms with van der Waals surface area (Å²) in [6, 6.07) is 3.63. The predicted molar refractivity (Wildman–Crippen MR) is 85.1 cm³/mol. The molecule has 3 N–H and O–H groups in total. The van der Waals surface area contributed by atoms with E-state index in [9.17, 15) is 14.3 Å². The molecular weight excluding hydrogens is 299 g/mol. The summed E-state index contributed by atoms with van der Waals surface area (Å²) in [7, 11) is 0. The molecule has 2 fully saturated rings. The lowest BCUT2D eigenvalue weighted by Crippen LogP contribution is -2.42. The molecule has 0 aliphatic heterocycles. The van der Waals surface area contributed by atoms with Gasteiger partial charge in [-0.3, -0.25) is 0 Å². The fourth-order valence-corrected chi connectivity index (χ4v) is 2.83. The summed E-state index contributed by atoms with van der Waals surface area (Å²) in [6.07, 6.45) is 5.65. The Morgan fingerprint density at radius 1 is 1.35 bits per heavy atom. The SMILES string of the molecule is O=C(NCC1(O)CCCC1)Nc1ccc(F)cc1OCC1CC1. The number of amides is 2. The van der Waals surface area contributed by atoms with Crippen molar-refractivity contribution in [3.63, 3.8) is 0 Å². The maximum atomic E-state index is 13.4. The molecule has 0 bridgehead atoms. The molecule has 0 spiro atoms. The lowest BCUT2D eigenvalue weighted by molar-refractivity contribution is 0.0506. The molecule has 0 unspecified atom stereocenters. The smallest absolute Gasteiger partial charge is 0.319 e. The van der Waals surface area contributed by atoms with Crippen LogP contribution in [0.1, 0.15) is 38.5 Å². The van der Waals surface area contributed by atoms with E-state index in [1.54, 1.807) is 0 Å². The van der Waals surface area contributed by atoms with E-state index in [-0.39, 0.29) is 6.54 Å². The van der Waals surface area contributed by atoms with Gasteiger partial charge in [0.1, 0.15) is 11.6 Å². The van der Waals surface area contributed by atoms with Crippen LogP contribution in [0.15, 0.2) is 18.2 Å². The van der Waals surface area contributed by atoms with Gasteiger partial charge in [-0.1, -0.05) is 12.8 Å². The van der Waals surface area contributed by atoms with Gasteiger partial charge in [0.25, 0.3) is 0 Å². The monoisotopic (exact) mass is 322 g/mol. The molecule has 2 saturated carbocycles. The maximum absolute atomic E-state index is 13.4. The van der Waals surface area contributed by atoms with E-state index in [1.807, 2.05) is 0 Å². The highest BCUT2D eigenvalue weighted by Gasteiger charge is 2.31. The molecule has 23 heavy (non-hydrogen) atoms. The fraction of sp³-hybridized carbons (Fsp3) is 0.588. The number of halogens is 1. The number of benzene rings is 1. The van der Waals surface area contributed by atoms with Crippen LogP contribution in [0.25, 0.3) is 0 Å². The van der Waals surface area contributed by atoms with Gasteiger partial charge in [-0.05, 0) is 43.7 Å². The first-order chi connectivity index (χ1) is 11.0. The number of urea groups is 1. The Morgan fingerprint density at radius 2 is 2.09 bits per heavy atom. The Hall–Kier alpha value is -1.82. The highest BCUT2D eigenvalue weighted by molar-refractivity contribution is 5.90. The first-order valence-electron chi connectivity index (χ1n) is 8.24. The molecule has 0 heterocycles. The Morgan fingerprint density at radius 3 is 2.78 bits per heavy atom. The van der Waals surface area contributed by atoms with Gasteiger partial charge in [0.05, 0.1) is 17.9 Å². The quantitative estimate of drug-likeness (QED) is 0.754. The molecule has 0 atom stereocenters. The molecule has 126 valence electrons. The summed E-state index contributed by atoms with van der Waals surface area (Å²) in [5.74, 6) is 0.477. The van der Waals surface area contributed by atoms with Crippen LogP contribution in [0, 0.1) is 11.7 Å². The van der Waals surface area contributed by atoms with Crippen molar-refractivity contribution in [2.75, 3.05) is 18.5 Å². The van der Waals surface area contributed by atoms with Crippen LogP contribution >= 0.6 is 0 Å². The molecule has 0 aromatic heterocycles. The van der Waals surface area contributed by atoms with Crippen LogP contribution in [-0.2, 0) is 0 Å². The summed E-state index contributed by atoms with van der Waals surface area (Å²) in [4.78, 5) is 12.0. The van der Waals surface area contributed by atoms with Gasteiger partial charge in [0, 0.05) is 12.6 Å². The van der Waals surface area contributed by atoms with E-state index >= 15 is 0 Å². The molecule has 0 saturated heterocycles. The number of anilines is 1. The van der Waals surface area contributed by atoms with Gasteiger partial charge < -0.3 is 20.5 Å². The van der Waals surface area contributed by atoms with Gasteiger partial charge in [-0.15, -0.1) is 0 Å². The number of nitrogens with one attached hydrogen (secondary N) is 2. The zero-order valence-electron chi connectivity index (χ0n) is 13.1. The molecule has 5 nitrogen and oxygen atoms in total. The van der Waals surface area contributed by atoms with Crippen molar-refractivity contribution in [2.45, 2.75) is 44.1 Å². The van der Waals surface area contributed by atoms with Crippen molar-refractivity contribution in [2.24, 2.45) is 5.92 Å². The summed E-state index contributed by atoms with van der Waals surface area (Å²) in [6.45, 7) is 0.762. The van der Waals surface area contributed by atoms with E-state index in [0.717, 1.165) is 25.7 Å². The van der Waals surface area contributed by atoms with Crippen LogP contribution < -0.4 is 15.4 Å². The topological polar surface area (TPSA) is 70.6 Å². The van der Waals surface area contributed by atoms with Gasteiger partial charge >= 0.3 is 6.03 Å². The minimum atomic E-state index is -0.800. The zero-order valence-corrected chi connectivity index (χ0v) is 13.1. The van der Waals surface area contributed by atoms with E-state index in [2.05, 4.69) is 10.6 Å². The Labute approximate surface area is 135 Å². The first kappa shape index (κ1) is 16.1. The number of aliphatic hydroxyl groups is 1. The van der Waals surface area contributed by atoms with E-state index in [0.29, 0.717) is 36.8 Å². The fourth-order valence-electron chi connectivity index (χ4n) is 2.83. The number of hydrogen-bond donors (Lipinski definition) is 3. The highest BCUT2D eigenvalue weighted by Crippen LogP contribution is 2.32. The van der Waals surface area contributed by atoms with Crippen molar-refractivity contribution < 1.29 is 19.0 Å². The van der Waals surface area contributed by atoms with Crippen LogP contribution in [0.3, 0.4) is 0 Å². The normalized spacial score (nSPS) is 19.4. The van der Waals surface area contributed by atoms with E-state index in [4.69, 9.17) is 4.74 Å². The van der Waals surface area contributed by atoms with Crippen molar-refractivity contribution in [3.8, 4) is 5.75 Å². The number of rotatable bonds is 6. The van der Waals surface area contributed by atoms with Crippen LogP contribution in [0.5, 0.6) is 5.75 Å². The highest BCUT2D eigenvalue weighted by atomic mass is 19.1. The number of carbonyl (C=O) groups is 1. The third-order valence-electron chi connectivity index (χ3n) is 4.48. The second kappa shape index (κ2) is 6.74. The van der Waals surface area contributed by atoms with Crippen molar-refractivity contribution >= 4 is 11.7 Å². The number of carbonyl (C=O) groups excluding carboxylic acids is 1. The average Bonchev–Trinajstić information content (AvgIpc) is 3.26. The molecule has 0 radical (unpaired) electrons. The second-order valence-electron chi connectivity index (χ2n) is 6.63. The lowest BCUT2D eigenvalue weighted by Gasteiger charge is -2.22. The van der Waals surface area contributed by atoms with Crippen LogP contribution in [-0.4, -0.2) is 29.9 Å². The summed E-state index contributed by atoms with van der Waals surface area (Å²) < 4.78 is 19.0. The molecule has 2 aliphatic rings. The Bertz CT molecular complexity index is 569. The first-order valence-corrected chi connectivity index (χ1v) is 8.24. The minimum Gasteiger partial charge on any atom is -0.491 e. The molecular formula is C17H23FN2O3. The maximum Gasteiger partial charge on any atom is 0.319 e. The number of hydrogen-bond acceptors (Lipinski definition) is 3. The molecule has 2 amide bonds. The predicted octanol–water partition coefficient (Wildman–Crippen LogP) is 3.04. The van der Waals surface area contributed by atoms with Crippen LogP contribution in [0.4, 0.5) is 14.9 Å². The summed E-state index contributed by atoms with van der Waals surface area (Å²) in [5, 5.41) is 15.6. The van der Waals surface area contributed by atoms with Gasteiger partial charge in [-0.2, -0.15) is 0 Å². The lowest BCUT2D eigenvalue weighted by atomic mass is 10.0. The third kappa shape index (κ3) is 4.58. The molecule has 2 aliphatic carbocycles. The average molecular weight is 322 g/mol. The molecule has 3 rings (SSSR count). The van der Waals surface area contributed by atoms with Gasteiger partial charge in [-0.25, -0.2) is 9.18 Å². The van der Waals surface area contributed by atoms with Crippen molar-refractivity contribution in [1.82, 2.24) is 5.32 Å².